The standard InChI is InChI=1S/C7H8.4CO.2CH4S.2Fe/c1-2-7-4-3-6(1)5-7;6*1-2;;/h1-4,6-7H,5H2;;;;;2*2H,1H3;;/p-2. The summed E-state index contributed by atoms with van der Waals surface area (Å²) in [5.41, 5.74) is 0. The first-order valence-corrected chi connectivity index (χ1v) is 6.08. The Kier molecular flexibility index (Phi) is 121. The molecule has 0 saturated heterocycles. The van der Waals surface area contributed by atoms with Crippen molar-refractivity contribution in [3.05, 3.63) is 50.9 Å². The summed E-state index contributed by atoms with van der Waals surface area (Å²) < 4.78 is 30.0. The fraction of sp³-hybridized carbons (Fsp3) is 0.385. The van der Waals surface area contributed by atoms with E-state index in [0.29, 0.717) is 0 Å². The molecule has 8 heteroatoms. The van der Waals surface area contributed by atoms with E-state index in [1.54, 1.807) is 12.5 Å². The predicted octanol–water partition coefficient (Wildman–Crippen LogP) is 1.92. The second-order valence-electron chi connectivity index (χ2n) is 2.33. The van der Waals surface area contributed by atoms with E-state index in [9.17, 15) is 0 Å². The second kappa shape index (κ2) is 59.4. The molecule has 2 aliphatic carbocycles. The van der Waals surface area contributed by atoms with Crippen LogP contribution in [0, 0.1) is 38.4 Å². The number of allylic oxidation sites excluding steroid dienone is 4. The third kappa shape index (κ3) is 33.2. The van der Waals surface area contributed by atoms with Crippen LogP contribution in [0.2, 0.25) is 0 Å². The molecule has 2 bridgehead atoms. The maximum atomic E-state index is 7.50. The van der Waals surface area contributed by atoms with E-state index >= 15 is 0 Å². The normalized spacial score (nSPS) is 15.4. The number of hydrogen-bond donors (Lipinski definition) is 0. The van der Waals surface area contributed by atoms with E-state index in [1.165, 1.54) is 6.42 Å². The molecule has 0 aromatic carbocycles. The van der Waals surface area contributed by atoms with Crippen LogP contribution in [0.25, 0.3) is 0 Å². The van der Waals surface area contributed by atoms with Crippen LogP contribution in [0.1, 0.15) is 6.42 Å². The first-order chi connectivity index (χ1) is 9.45. The Morgan fingerprint density at radius 1 is 0.619 bits per heavy atom. The third-order valence-corrected chi connectivity index (χ3v) is 1.76. The molecule has 0 aromatic rings. The van der Waals surface area contributed by atoms with Gasteiger partial charge in [-0.05, 0) is 18.3 Å². The number of fused-ring (bicyclic) bond motifs is 2. The van der Waals surface area contributed by atoms with Crippen molar-refractivity contribution in [2.45, 2.75) is 6.42 Å². The molecule has 4 nitrogen and oxygen atoms in total. The van der Waals surface area contributed by atoms with Gasteiger partial charge in [0.1, 0.15) is 0 Å². The Bertz CT molecular complexity index is 235. The van der Waals surface area contributed by atoms with Gasteiger partial charge in [-0.1, -0.05) is 24.3 Å². The molecule has 0 heterocycles. The van der Waals surface area contributed by atoms with Crippen LogP contribution in [0.5, 0.6) is 0 Å². The van der Waals surface area contributed by atoms with Crippen molar-refractivity contribution < 1.29 is 52.7 Å². The third-order valence-electron chi connectivity index (χ3n) is 1.76. The molecule has 0 radical (unpaired) electrons. The van der Waals surface area contributed by atoms with Crippen molar-refractivity contribution in [1.82, 2.24) is 0 Å². The quantitative estimate of drug-likeness (QED) is 0.201. The van der Waals surface area contributed by atoms with Gasteiger partial charge in [0.25, 0.3) is 0 Å². The van der Waals surface area contributed by atoms with E-state index in [4.69, 9.17) is 18.6 Å². The van der Waals surface area contributed by atoms with Crippen LogP contribution in [-0.2, 0) is 78.0 Å². The van der Waals surface area contributed by atoms with Crippen LogP contribution in [0.4, 0.5) is 0 Å². The molecule has 0 atom stereocenters. The van der Waals surface area contributed by atoms with Gasteiger partial charge in [0.15, 0.2) is 0 Å². The SMILES string of the molecule is C1=CC2C=CC1C2.C[S-].C[S-].[C-]#[O+].[C-]#[O+].[C-]#[O+].[C-]#[O+].[Fe].[Fe]. The predicted molar refractivity (Wildman–Crippen MR) is 72.2 cm³/mol. The Hall–Kier alpha value is 0.179. The van der Waals surface area contributed by atoms with Gasteiger partial charge in [-0.3, -0.25) is 0 Å². The molecule has 21 heavy (non-hydrogen) atoms. The summed E-state index contributed by atoms with van der Waals surface area (Å²) in [5, 5.41) is 0. The van der Waals surface area contributed by atoms with E-state index in [1.807, 2.05) is 0 Å². The van der Waals surface area contributed by atoms with Gasteiger partial charge in [0.05, 0.1) is 0 Å². The van der Waals surface area contributed by atoms with E-state index < -0.39 is 0 Å². The molecule has 0 aliphatic heterocycles. The van der Waals surface area contributed by atoms with Gasteiger partial charge in [-0.25, -0.2) is 0 Å². The summed E-state index contributed by atoms with van der Waals surface area (Å²) in [6.07, 6.45) is 13.7. The van der Waals surface area contributed by atoms with Crippen LogP contribution in [-0.4, -0.2) is 12.5 Å². The average Bonchev–Trinajstić information content (AvgIpc) is 3.24. The van der Waals surface area contributed by atoms with Crippen molar-refractivity contribution in [3.63, 3.8) is 0 Å². The molecule has 2 aliphatic rings. The van der Waals surface area contributed by atoms with Gasteiger partial charge in [0.2, 0.25) is 0 Å². The summed E-state index contributed by atoms with van der Waals surface area (Å²) in [6.45, 7) is 18.0. The van der Waals surface area contributed by atoms with E-state index in [0.717, 1.165) is 11.8 Å². The average molecular weight is 410 g/mol. The maximum absolute atomic E-state index is 7.50. The fourth-order valence-corrected chi connectivity index (χ4v) is 1.33. The Balaban J connectivity index is -0.0000000248. The summed E-state index contributed by atoms with van der Waals surface area (Å²) in [5.74, 6) is 1.62. The summed E-state index contributed by atoms with van der Waals surface area (Å²) in [4.78, 5) is 0. The molecule has 0 saturated carbocycles. The largest absolute Gasteiger partial charge is 0 e. The Labute approximate surface area is 159 Å². The van der Waals surface area contributed by atoms with Gasteiger partial charge in [-0.2, -0.15) is 12.5 Å². The van der Waals surface area contributed by atoms with Crippen LogP contribution >= 0.6 is 0 Å². The number of hydrogen-bond acceptors (Lipinski definition) is 2. The minimum Gasteiger partial charge on any atom is 0 e. The first kappa shape index (κ1) is 42.9. The molecule has 0 aromatic heterocycles. The smallest absolute Gasteiger partial charge is 0 e. The Morgan fingerprint density at radius 3 is 0.810 bits per heavy atom. The van der Waals surface area contributed by atoms with E-state index in [-0.39, 0.29) is 34.1 Å². The van der Waals surface area contributed by atoms with Crippen LogP contribution in [0.15, 0.2) is 24.3 Å². The van der Waals surface area contributed by atoms with Crippen LogP contribution in [0.3, 0.4) is 0 Å². The first-order valence-electron chi connectivity index (χ1n) is 4.45. The molecule has 0 N–H and O–H groups in total. The second-order valence-corrected chi connectivity index (χ2v) is 2.33. The maximum Gasteiger partial charge on any atom is 0 e. The monoisotopic (exact) mass is 410 g/mol. The Morgan fingerprint density at radius 2 is 0.762 bits per heavy atom. The van der Waals surface area contributed by atoms with Gasteiger partial charge in [0, 0.05) is 34.1 Å². The van der Waals surface area contributed by atoms with Gasteiger partial charge < -0.3 is 25.3 Å². The van der Waals surface area contributed by atoms with E-state index in [2.05, 4.69) is 76.2 Å². The molecule has 0 unspecified atom stereocenters. The molecule has 0 amide bonds. The fourth-order valence-electron chi connectivity index (χ4n) is 1.33. The topological polar surface area (TPSA) is 79.6 Å². The number of rotatable bonds is 0. The van der Waals surface area contributed by atoms with Gasteiger partial charge in [-0.15, -0.1) is 0 Å². The zero-order valence-electron chi connectivity index (χ0n) is 11.3. The summed E-state index contributed by atoms with van der Waals surface area (Å²) >= 11 is 8.17. The molecule has 2 rings (SSSR count). The van der Waals surface area contributed by atoms with Crippen molar-refractivity contribution in [1.29, 1.82) is 0 Å². The molecule has 0 fully saturated rings. The van der Waals surface area contributed by atoms with Gasteiger partial charge >= 0.3 is 45.2 Å². The van der Waals surface area contributed by atoms with Crippen molar-refractivity contribution in [2.75, 3.05) is 12.5 Å². The van der Waals surface area contributed by atoms with Crippen molar-refractivity contribution >= 4 is 25.3 Å². The zero-order valence-corrected chi connectivity index (χ0v) is 15.2. The molecule has 0 spiro atoms. The molecular weight excluding hydrogens is 396 g/mol. The zero-order chi connectivity index (χ0) is 16.7. The summed E-state index contributed by atoms with van der Waals surface area (Å²) in [6, 6.07) is 0. The summed E-state index contributed by atoms with van der Waals surface area (Å²) in [7, 11) is 0. The minimum absolute atomic E-state index is 0. The van der Waals surface area contributed by atoms with Crippen LogP contribution < -0.4 is 0 Å². The molecular formula is C13H14Fe2O4S2-2. The van der Waals surface area contributed by atoms with Crippen molar-refractivity contribution in [3.8, 4) is 0 Å². The minimum atomic E-state index is 0. The molecule has 120 valence electrons. The van der Waals surface area contributed by atoms with Crippen molar-refractivity contribution in [2.24, 2.45) is 11.8 Å².